The number of carbonyl (C=O) groups is 2. The molecular weight excluding hydrogens is 334 g/mol. The number of aromatic amines is 1. The second-order valence-electron chi connectivity index (χ2n) is 4.96. The minimum absolute atomic E-state index is 0.0677. The van der Waals surface area contributed by atoms with E-state index in [0.29, 0.717) is 5.69 Å². The van der Waals surface area contributed by atoms with Crippen LogP contribution in [0.3, 0.4) is 0 Å². The van der Waals surface area contributed by atoms with Crippen molar-refractivity contribution in [3.05, 3.63) is 44.4 Å². The van der Waals surface area contributed by atoms with E-state index in [-0.39, 0.29) is 29.1 Å². The van der Waals surface area contributed by atoms with Gasteiger partial charge >= 0.3 is 5.97 Å². The van der Waals surface area contributed by atoms with Crippen LogP contribution >= 0.6 is 11.3 Å². The molecule has 3 heterocycles. The van der Waals surface area contributed by atoms with Crippen LogP contribution in [-0.4, -0.2) is 38.8 Å². The lowest BCUT2D eigenvalue weighted by Crippen LogP contribution is -2.26. The third kappa shape index (κ3) is 3.04. The summed E-state index contributed by atoms with van der Waals surface area (Å²) >= 11 is 1.45. The van der Waals surface area contributed by atoms with Crippen molar-refractivity contribution >= 4 is 23.2 Å². The van der Waals surface area contributed by atoms with Gasteiger partial charge in [0.2, 0.25) is 5.91 Å². The van der Waals surface area contributed by atoms with Crippen molar-refractivity contribution in [2.24, 2.45) is 0 Å². The molecule has 0 saturated heterocycles. The molecule has 0 unspecified atom stereocenters. The summed E-state index contributed by atoms with van der Waals surface area (Å²) in [5.74, 6) is -0.998. The van der Waals surface area contributed by atoms with Gasteiger partial charge in [-0.2, -0.15) is 5.10 Å². The van der Waals surface area contributed by atoms with Crippen LogP contribution in [0, 0.1) is 6.92 Å². The summed E-state index contributed by atoms with van der Waals surface area (Å²) in [4.78, 5) is 40.0. The number of methoxy groups -OCH3 is 1. The van der Waals surface area contributed by atoms with Crippen molar-refractivity contribution in [3.63, 3.8) is 0 Å². The Morgan fingerprint density at radius 3 is 2.88 bits per heavy atom. The average Bonchev–Trinajstić information content (AvgIpc) is 3.12. The molecule has 1 aromatic heterocycles. The second kappa shape index (κ2) is 6.24. The molecule has 124 valence electrons. The first-order valence-electron chi connectivity index (χ1n) is 6.87. The number of aromatic nitrogens is 4. The van der Waals surface area contributed by atoms with Gasteiger partial charge in [0.1, 0.15) is 11.3 Å². The van der Waals surface area contributed by atoms with Gasteiger partial charge in [-0.1, -0.05) is 0 Å². The lowest BCUT2D eigenvalue weighted by molar-refractivity contribution is -0.116. The van der Waals surface area contributed by atoms with Gasteiger partial charge in [-0.15, -0.1) is 11.3 Å². The minimum Gasteiger partial charge on any atom is -0.465 e. The van der Waals surface area contributed by atoms with Crippen LogP contribution in [0.2, 0.25) is 0 Å². The molecule has 3 rings (SSSR count). The van der Waals surface area contributed by atoms with Crippen LogP contribution in [0.25, 0.3) is 11.3 Å². The highest BCUT2D eigenvalue weighted by Gasteiger charge is 2.22. The van der Waals surface area contributed by atoms with E-state index in [1.807, 2.05) is 6.92 Å². The van der Waals surface area contributed by atoms with Crippen LogP contribution in [0.5, 0.6) is 0 Å². The number of esters is 1. The van der Waals surface area contributed by atoms with Crippen LogP contribution in [0.4, 0.5) is 0 Å². The molecule has 0 atom stereocenters. The number of pyridine rings is 1. The van der Waals surface area contributed by atoms with Gasteiger partial charge in [0.05, 0.1) is 29.8 Å². The number of thiazole rings is 1. The number of hydrogen-bond acceptors (Lipinski definition) is 7. The van der Waals surface area contributed by atoms with Crippen LogP contribution in [-0.2, 0) is 16.0 Å². The number of fused-ring (bicyclic) bond motifs is 1. The van der Waals surface area contributed by atoms with Crippen molar-refractivity contribution < 1.29 is 14.3 Å². The smallest absolute Gasteiger partial charge is 0.341 e. The number of ether oxygens (including phenoxy) is 1. The number of nitrogens with zero attached hydrogens (tertiary/aromatic N) is 3. The fourth-order valence-corrected chi connectivity index (χ4v) is 2.81. The highest BCUT2D eigenvalue weighted by Crippen LogP contribution is 2.20. The molecule has 0 aliphatic carbocycles. The van der Waals surface area contributed by atoms with E-state index in [9.17, 15) is 14.4 Å². The van der Waals surface area contributed by atoms with Crippen molar-refractivity contribution in [1.82, 2.24) is 19.9 Å². The van der Waals surface area contributed by atoms with Gasteiger partial charge in [-0.3, -0.25) is 19.7 Å². The molecule has 0 saturated carbocycles. The number of nitrogens with one attached hydrogen (secondary N) is 2. The number of amides is 1. The number of hydrogen-bond donors (Lipinski definition) is 2. The number of carbonyl (C=O) groups excluding carboxylic acids is 2. The highest BCUT2D eigenvalue weighted by molar-refractivity contribution is 7.09. The van der Waals surface area contributed by atoms with Gasteiger partial charge in [0.15, 0.2) is 0 Å². The van der Waals surface area contributed by atoms with Gasteiger partial charge in [0, 0.05) is 17.8 Å². The maximum atomic E-state index is 12.1. The molecule has 9 nitrogen and oxygen atoms in total. The van der Waals surface area contributed by atoms with Gasteiger partial charge in [-0.05, 0) is 6.92 Å². The quantitative estimate of drug-likeness (QED) is 0.665. The zero-order valence-corrected chi connectivity index (χ0v) is 13.6. The molecule has 1 aromatic rings. The van der Waals surface area contributed by atoms with E-state index >= 15 is 0 Å². The second-order valence-corrected chi connectivity index (χ2v) is 6.02. The Kier molecular flexibility index (Phi) is 4.13. The fourth-order valence-electron chi connectivity index (χ4n) is 2.20. The molecule has 0 bridgehead atoms. The predicted octanol–water partition coefficient (Wildman–Crippen LogP) is 0.541. The van der Waals surface area contributed by atoms with Crippen LogP contribution < -0.4 is 11.0 Å². The maximum Gasteiger partial charge on any atom is 0.341 e. The molecule has 0 fully saturated rings. The normalized spacial score (nSPS) is 10.8. The fraction of sp³-hybridized carbons (Fsp3) is 0.214. The first kappa shape index (κ1) is 15.9. The summed E-state index contributed by atoms with van der Waals surface area (Å²) in [6.45, 7) is 1.85. The van der Waals surface area contributed by atoms with Crippen LogP contribution in [0.15, 0.2) is 22.6 Å². The Balaban J connectivity index is 1.90. The Morgan fingerprint density at radius 1 is 1.42 bits per heavy atom. The van der Waals surface area contributed by atoms with Crippen LogP contribution in [0.1, 0.15) is 21.1 Å². The van der Waals surface area contributed by atoms with Crippen molar-refractivity contribution in [1.29, 1.82) is 0 Å². The monoisotopic (exact) mass is 347 g/mol. The Labute approximate surface area is 139 Å². The van der Waals surface area contributed by atoms with E-state index in [4.69, 9.17) is 0 Å². The molecule has 1 amide bonds. The topological polar surface area (TPSA) is 119 Å². The summed E-state index contributed by atoms with van der Waals surface area (Å²) in [7, 11) is 1.22. The van der Waals surface area contributed by atoms with Crippen molar-refractivity contribution in [3.8, 4) is 11.3 Å². The molecule has 10 heteroatoms. The molecule has 24 heavy (non-hydrogen) atoms. The van der Waals surface area contributed by atoms with E-state index in [2.05, 4.69) is 25.3 Å². The molecule has 2 aliphatic heterocycles. The summed E-state index contributed by atoms with van der Waals surface area (Å²) in [5, 5.41) is 8.75. The molecule has 2 aliphatic rings. The largest absolute Gasteiger partial charge is 0.465 e. The first-order valence-corrected chi connectivity index (χ1v) is 7.75. The van der Waals surface area contributed by atoms with E-state index in [1.165, 1.54) is 35.5 Å². The maximum absolute atomic E-state index is 12.1. The standard InChI is InChI=1S/C14H13N5O4S/c1-7-15-8(6-24-7)3-11(20)18-19-4-9-12(16-17-13(9)21)10(5-19)14(22)23-2/h4-6H,3H2,1-2H3,(H,17,21)(H,18,20). The Morgan fingerprint density at radius 2 is 2.21 bits per heavy atom. The molecular formula is C14H13N5O4S. The zero-order chi connectivity index (χ0) is 17.3. The molecule has 0 aromatic carbocycles. The molecule has 2 N–H and O–H groups in total. The minimum atomic E-state index is -0.662. The van der Waals surface area contributed by atoms with Gasteiger partial charge in [-0.25, -0.2) is 14.9 Å². The van der Waals surface area contributed by atoms with E-state index in [1.54, 1.807) is 5.38 Å². The Hall–Kier alpha value is -3.01. The van der Waals surface area contributed by atoms with Gasteiger partial charge < -0.3 is 4.74 Å². The third-order valence-corrected chi connectivity index (χ3v) is 4.05. The summed E-state index contributed by atoms with van der Waals surface area (Å²) < 4.78 is 5.93. The number of aryl methyl sites for hydroxylation is 1. The zero-order valence-electron chi connectivity index (χ0n) is 12.8. The molecule has 0 spiro atoms. The van der Waals surface area contributed by atoms with Gasteiger partial charge in [0.25, 0.3) is 5.56 Å². The lowest BCUT2D eigenvalue weighted by Gasteiger charge is -2.12. The average molecular weight is 347 g/mol. The number of H-pyrrole nitrogens is 1. The number of rotatable bonds is 4. The third-order valence-electron chi connectivity index (χ3n) is 3.23. The van der Waals surface area contributed by atoms with Crippen molar-refractivity contribution in [2.45, 2.75) is 13.3 Å². The summed E-state index contributed by atoms with van der Waals surface area (Å²) in [6.07, 6.45) is 2.81. The highest BCUT2D eigenvalue weighted by atomic mass is 32.1. The van der Waals surface area contributed by atoms with E-state index < -0.39 is 11.5 Å². The first-order chi connectivity index (χ1) is 11.5. The molecule has 0 radical (unpaired) electrons. The Bertz CT molecular complexity index is 941. The summed E-state index contributed by atoms with van der Waals surface area (Å²) in [5.41, 5.74) is 3.19. The lowest BCUT2D eigenvalue weighted by atomic mass is 10.1. The SMILES string of the molecule is COC(=O)c1cn(NC(=O)Cc2csc(C)n2)cc2c(=O)[nH]nc1-2. The van der Waals surface area contributed by atoms with E-state index in [0.717, 1.165) is 5.01 Å². The summed E-state index contributed by atoms with van der Waals surface area (Å²) in [6, 6.07) is 0. The van der Waals surface area contributed by atoms with Crippen molar-refractivity contribution in [2.75, 3.05) is 12.5 Å². The predicted molar refractivity (Wildman–Crippen MR) is 85.7 cm³/mol.